The molecule has 2 aromatic rings. The molecule has 1 saturated carbocycles. The lowest BCUT2D eigenvalue weighted by Crippen LogP contribution is -2.52. The van der Waals surface area contributed by atoms with Crippen LogP contribution in [0.5, 0.6) is 5.75 Å². The van der Waals surface area contributed by atoms with E-state index in [1.807, 2.05) is 6.07 Å². The summed E-state index contributed by atoms with van der Waals surface area (Å²) in [5, 5.41) is 3.24. The Bertz CT molecular complexity index is 1150. The minimum atomic E-state index is -3.84. The molecule has 1 N–H and O–H groups in total. The average molecular weight is 522 g/mol. The van der Waals surface area contributed by atoms with Crippen molar-refractivity contribution in [2.75, 3.05) is 24.2 Å². The van der Waals surface area contributed by atoms with Crippen molar-refractivity contribution in [1.82, 2.24) is 10.2 Å². The Balaban J connectivity index is 1.90. The summed E-state index contributed by atoms with van der Waals surface area (Å²) in [7, 11) is -2.29. The molecule has 1 aliphatic rings. The van der Waals surface area contributed by atoms with Crippen molar-refractivity contribution in [3.8, 4) is 5.75 Å². The van der Waals surface area contributed by atoms with Gasteiger partial charge in [0.25, 0.3) is 0 Å². The van der Waals surface area contributed by atoms with Crippen LogP contribution in [0.1, 0.15) is 38.2 Å². The first-order chi connectivity index (χ1) is 16.6. The van der Waals surface area contributed by atoms with Gasteiger partial charge in [0.15, 0.2) is 0 Å². The van der Waals surface area contributed by atoms with Gasteiger partial charge in [-0.05, 0) is 49.6 Å². The van der Waals surface area contributed by atoms with Crippen molar-refractivity contribution in [2.45, 2.75) is 51.2 Å². The minimum Gasteiger partial charge on any atom is -0.497 e. The number of hydrogen-bond acceptors (Lipinski definition) is 5. The van der Waals surface area contributed by atoms with Gasteiger partial charge in [-0.2, -0.15) is 0 Å². The number of hydrogen-bond donors (Lipinski definition) is 1. The van der Waals surface area contributed by atoms with Crippen molar-refractivity contribution >= 4 is 39.1 Å². The maximum absolute atomic E-state index is 13.6. The lowest BCUT2D eigenvalue weighted by molar-refractivity contribution is -0.139. The summed E-state index contributed by atoms with van der Waals surface area (Å²) in [5.41, 5.74) is 0.955. The molecular weight excluding hydrogens is 490 g/mol. The summed E-state index contributed by atoms with van der Waals surface area (Å²) < 4.78 is 31.5. The van der Waals surface area contributed by atoms with Gasteiger partial charge in [-0.1, -0.05) is 48.7 Å². The van der Waals surface area contributed by atoms with Gasteiger partial charge in [-0.3, -0.25) is 13.9 Å². The second-order valence-corrected chi connectivity index (χ2v) is 11.1. The average Bonchev–Trinajstić information content (AvgIpc) is 3.33. The number of rotatable bonds is 10. The topological polar surface area (TPSA) is 96.0 Å². The van der Waals surface area contributed by atoms with Gasteiger partial charge < -0.3 is 15.0 Å². The van der Waals surface area contributed by atoms with Gasteiger partial charge in [0.05, 0.1) is 24.1 Å². The molecule has 0 aromatic heterocycles. The number of para-hydroxylation sites is 1. The lowest BCUT2D eigenvalue weighted by Gasteiger charge is -2.32. The fourth-order valence-corrected chi connectivity index (χ4v) is 5.34. The van der Waals surface area contributed by atoms with Crippen LogP contribution in [0.15, 0.2) is 48.5 Å². The zero-order valence-corrected chi connectivity index (χ0v) is 21.8. The molecule has 0 spiro atoms. The molecule has 8 nitrogen and oxygen atoms in total. The molecule has 3 rings (SSSR count). The summed E-state index contributed by atoms with van der Waals surface area (Å²) in [6, 6.07) is 12.9. The quantitative estimate of drug-likeness (QED) is 0.515. The number of anilines is 1. The van der Waals surface area contributed by atoms with Gasteiger partial charge in [-0.15, -0.1) is 0 Å². The fraction of sp³-hybridized carbons (Fsp3) is 0.440. The van der Waals surface area contributed by atoms with E-state index in [4.69, 9.17) is 16.3 Å². The lowest BCUT2D eigenvalue weighted by atomic mass is 10.1. The number of carbonyl (C=O) groups excluding carboxylic acids is 2. The first-order valence-corrected chi connectivity index (χ1v) is 13.8. The molecule has 0 radical (unpaired) electrons. The Hall–Kier alpha value is -2.78. The van der Waals surface area contributed by atoms with Gasteiger partial charge in [0.1, 0.15) is 18.3 Å². The van der Waals surface area contributed by atoms with Crippen LogP contribution in [0, 0.1) is 0 Å². The van der Waals surface area contributed by atoms with Crippen LogP contribution in [0.2, 0.25) is 5.02 Å². The Kier molecular flexibility index (Phi) is 9.02. The number of carbonyl (C=O) groups is 2. The Morgan fingerprint density at radius 3 is 2.46 bits per heavy atom. The van der Waals surface area contributed by atoms with E-state index in [-0.39, 0.29) is 29.2 Å². The van der Waals surface area contributed by atoms with E-state index in [0.29, 0.717) is 5.75 Å². The number of sulfonamides is 1. The van der Waals surface area contributed by atoms with Crippen LogP contribution in [-0.4, -0.2) is 57.1 Å². The monoisotopic (exact) mass is 521 g/mol. The van der Waals surface area contributed by atoms with Crippen molar-refractivity contribution in [3.63, 3.8) is 0 Å². The predicted octanol–water partition coefficient (Wildman–Crippen LogP) is 3.59. The third-order valence-corrected chi connectivity index (χ3v) is 7.60. The first-order valence-electron chi connectivity index (χ1n) is 11.5. The van der Waals surface area contributed by atoms with Crippen molar-refractivity contribution in [2.24, 2.45) is 0 Å². The number of amides is 2. The van der Waals surface area contributed by atoms with Crippen molar-refractivity contribution < 1.29 is 22.7 Å². The van der Waals surface area contributed by atoms with Gasteiger partial charge >= 0.3 is 0 Å². The first kappa shape index (κ1) is 26.8. The second-order valence-electron chi connectivity index (χ2n) is 8.76. The Labute approximate surface area is 212 Å². The van der Waals surface area contributed by atoms with Crippen LogP contribution >= 0.6 is 11.6 Å². The molecular formula is C25H32ClN3O5S. The van der Waals surface area contributed by atoms with E-state index >= 15 is 0 Å². The standard InChI is InChI=1S/C25H32ClN3O5S/c1-18(25(31)27-20-10-4-5-11-20)28(16-19-9-8-12-21(15-19)34-2)24(30)17-29(35(3,32)33)23-14-7-6-13-22(23)26/h6-9,12-15,18,20H,4-5,10-11,16-17H2,1-3H3,(H,27,31). The van der Waals surface area contributed by atoms with Crippen LogP contribution in [0.3, 0.4) is 0 Å². The summed E-state index contributed by atoms with van der Waals surface area (Å²) in [6.07, 6.45) is 4.97. The van der Waals surface area contributed by atoms with E-state index in [1.165, 1.54) is 4.90 Å². The van der Waals surface area contributed by atoms with E-state index in [1.54, 1.807) is 56.5 Å². The molecule has 2 amide bonds. The predicted molar refractivity (Wildman–Crippen MR) is 137 cm³/mol. The smallest absolute Gasteiger partial charge is 0.244 e. The van der Waals surface area contributed by atoms with Gasteiger partial charge in [0.2, 0.25) is 21.8 Å². The number of benzene rings is 2. The number of nitrogens with zero attached hydrogens (tertiary/aromatic N) is 2. The Morgan fingerprint density at radius 2 is 1.83 bits per heavy atom. The number of nitrogens with one attached hydrogen (secondary N) is 1. The third kappa shape index (κ3) is 7.11. The zero-order chi connectivity index (χ0) is 25.6. The highest BCUT2D eigenvalue weighted by Gasteiger charge is 2.31. The SMILES string of the molecule is COc1cccc(CN(C(=O)CN(c2ccccc2Cl)S(C)(=O)=O)C(C)C(=O)NC2CCCC2)c1. The van der Waals surface area contributed by atoms with Crippen LogP contribution < -0.4 is 14.4 Å². The minimum absolute atomic E-state index is 0.0920. The van der Waals surface area contributed by atoms with Crippen LogP contribution in [-0.2, 0) is 26.2 Å². The molecule has 1 fully saturated rings. The highest BCUT2D eigenvalue weighted by Crippen LogP contribution is 2.27. The van der Waals surface area contributed by atoms with Gasteiger partial charge in [-0.25, -0.2) is 8.42 Å². The maximum atomic E-state index is 13.6. The maximum Gasteiger partial charge on any atom is 0.244 e. The summed E-state index contributed by atoms with van der Waals surface area (Å²) in [6.45, 7) is 1.27. The molecule has 10 heteroatoms. The Morgan fingerprint density at radius 1 is 1.14 bits per heavy atom. The molecule has 1 unspecified atom stereocenters. The fourth-order valence-electron chi connectivity index (χ4n) is 4.19. The molecule has 35 heavy (non-hydrogen) atoms. The molecule has 0 heterocycles. The van der Waals surface area contributed by atoms with Crippen LogP contribution in [0.4, 0.5) is 5.69 Å². The molecule has 0 saturated heterocycles. The van der Waals surface area contributed by atoms with Crippen molar-refractivity contribution in [3.05, 3.63) is 59.1 Å². The van der Waals surface area contributed by atoms with E-state index < -0.39 is 28.5 Å². The number of halogens is 1. The molecule has 1 atom stereocenters. The van der Waals surface area contributed by atoms with E-state index in [2.05, 4.69) is 5.32 Å². The molecule has 190 valence electrons. The van der Waals surface area contributed by atoms with E-state index in [9.17, 15) is 18.0 Å². The highest BCUT2D eigenvalue weighted by atomic mass is 35.5. The normalized spacial score (nSPS) is 14.9. The largest absolute Gasteiger partial charge is 0.497 e. The number of ether oxygens (including phenoxy) is 1. The highest BCUT2D eigenvalue weighted by molar-refractivity contribution is 7.92. The zero-order valence-electron chi connectivity index (χ0n) is 20.2. The van der Waals surface area contributed by atoms with Crippen molar-refractivity contribution in [1.29, 1.82) is 0 Å². The molecule has 0 bridgehead atoms. The molecule has 1 aliphatic carbocycles. The summed E-state index contributed by atoms with van der Waals surface area (Å²) >= 11 is 6.25. The number of methoxy groups -OCH3 is 1. The summed E-state index contributed by atoms with van der Waals surface area (Å²) in [4.78, 5) is 28.1. The van der Waals surface area contributed by atoms with Gasteiger partial charge in [0, 0.05) is 12.6 Å². The third-order valence-electron chi connectivity index (χ3n) is 6.16. The van der Waals surface area contributed by atoms with E-state index in [0.717, 1.165) is 41.8 Å². The molecule has 2 aromatic carbocycles. The summed E-state index contributed by atoms with van der Waals surface area (Å²) in [5.74, 6) is -0.171. The second kappa shape index (κ2) is 11.8. The van der Waals surface area contributed by atoms with Crippen LogP contribution in [0.25, 0.3) is 0 Å². The molecule has 0 aliphatic heterocycles.